The zero-order valence-corrected chi connectivity index (χ0v) is 9.17. The molecule has 0 aromatic heterocycles. The highest BCUT2D eigenvalue weighted by molar-refractivity contribution is 8.13. The van der Waals surface area contributed by atoms with E-state index in [0.29, 0.717) is 0 Å². The molecule has 0 aromatic carbocycles. The third kappa shape index (κ3) is 5.52. The van der Waals surface area contributed by atoms with Gasteiger partial charge in [-0.2, -0.15) is 0 Å². The van der Waals surface area contributed by atoms with Crippen LogP contribution < -0.4 is 0 Å². The van der Waals surface area contributed by atoms with Gasteiger partial charge in [-0.3, -0.25) is 4.79 Å². The van der Waals surface area contributed by atoms with Gasteiger partial charge in [-0.1, -0.05) is 25.1 Å². The lowest BCUT2D eigenvalue weighted by Gasteiger charge is -2.19. The van der Waals surface area contributed by atoms with E-state index < -0.39 is 18.5 Å². The fourth-order valence-corrected chi connectivity index (χ4v) is 1.62. The maximum absolute atomic E-state index is 12.9. The number of carbonyl (C=O) groups is 1. The Morgan fingerprint density at radius 2 is 2.07 bits per heavy atom. The monoisotopic (exact) mass is 228 g/mol. The molecule has 0 fully saturated rings. The Kier molecular flexibility index (Phi) is 6.24. The Bertz CT molecular complexity index is 185. The molecule has 1 nitrogen and oxygen atoms in total. The van der Waals surface area contributed by atoms with Crippen LogP contribution in [0.15, 0.2) is 0 Å². The highest BCUT2D eigenvalue weighted by Crippen LogP contribution is 2.29. The number of hydrogen-bond acceptors (Lipinski definition) is 2. The molecule has 0 aliphatic heterocycles. The second-order valence-corrected chi connectivity index (χ2v) is 4.38. The van der Waals surface area contributed by atoms with E-state index in [1.165, 1.54) is 6.92 Å². The van der Waals surface area contributed by atoms with E-state index in [1.807, 2.05) is 0 Å². The van der Waals surface area contributed by atoms with Gasteiger partial charge in [0.05, 0.1) is 0 Å². The van der Waals surface area contributed by atoms with Crippen molar-refractivity contribution in [1.29, 1.82) is 0 Å². The molecule has 0 N–H and O–H groups in total. The summed E-state index contributed by atoms with van der Waals surface area (Å²) in [5.74, 6) is -3.12. The van der Waals surface area contributed by atoms with Crippen molar-refractivity contribution in [3.05, 3.63) is 0 Å². The van der Waals surface area contributed by atoms with E-state index in [-0.39, 0.29) is 23.7 Å². The summed E-state index contributed by atoms with van der Waals surface area (Å²) in [6.45, 7) is 2.92. The lowest BCUT2D eigenvalue weighted by atomic mass is 10.1. The maximum atomic E-state index is 12.9. The molecule has 5 heteroatoms. The Morgan fingerprint density at radius 1 is 1.50 bits per heavy atom. The fourth-order valence-electron chi connectivity index (χ4n) is 1.01. The number of hydrogen-bond donors (Lipinski definition) is 0. The molecule has 0 rings (SSSR count). The first kappa shape index (κ1) is 13.8. The molecule has 0 saturated carbocycles. The van der Waals surface area contributed by atoms with Crippen molar-refractivity contribution in [3.63, 3.8) is 0 Å². The van der Waals surface area contributed by atoms with Crippen molar-refractivity contribution >= 4 is 16.9 Å². The molecule has 0 spiro atoms. The SMILES string of the molecule is CCCC(F)(F)C(F)CCSC(C)=O. The van der Waals surface area contributed by atoms with Gasteiger partial charge in [-0.05, 0) is 6.42 Å². The second kappa shape index (κ2) is 6.32. The fraction of sp³-hybridized carbons (Fsp3) is 0.889. The smallest absolute Gasteiger partial charge is 0.278 e. The average Bonchev–Trinajstić information content (AvgIpc) is 2.03. The third-order valence-corrected chi connectivity index (χ3v) is 2.56. The summed E-state index contributed by atoms with van der Waals surface area (Å²) in [5.41, 5.74) is 0. The molecule has 1 unspecified atom stereocenters. The van der Waals surface area contributed by atoms with E-state index in [1.54, 1.807) is 6.92 Å². The van der Waals surface area contributed by atoms with Crippen LogP contribution in [-0.4, -0.2) is 23.0 Å². The Morgan fingerprint density at radius 3 is 2.50 bits per heavy atom. The molecule has 0 bridgehead atoms. The van der Waals surface area contributed by atoms with Crippen LogP contribution in [0, 0.1) is 0 Å². The Labute approximate surface area is 86.4 Å². The van der Waals surface area contributed by atoms with Gasteiger partial charge in [-0.15, -0.1) is 0 Å². The number of rotatable bonds is 6. The summed E-state index contributed by atoms with van der Waals surface area (Å²) in [4.78, 5) is 10.5. The first-order valence-electron chi connectivity index (χ1n) is 4.55. The van der Waals surface area contributed by atoms with Gasteiger partial charge < -0.3 is 0 Å². The second-order valence-electron chi connectivity index (χ2n) is 3.11. The average molecular weight is 228 g/mol. The van der Waals surface area contributed by atoms with Gasteiger partial charge in [0.25, 0.3) is 5.92 Å². The topological polar surface area (TPSA) is 17.1 Å². The minimum Gasteiger partial charge on any atom is -0.288 e. The number of alkyl halides is 3. The molecule has 0 heterocycles. The number of thioether (sulfide) groups is 1. The highest BCUT2D eigenvalue weighted by atomic mass is 32.2. The Balaban J connectivity index is 3.82. The minimum absolute atomic E-state index is 0.121. The standard InChI is InChI=1S/C9H15F3OS/c1-3-5-9(11,12)8(10)4-6-14-7(2)13/h8H,3-6H2,1-2H3. The zero-order chi connectivity index (χ0) is 11.2. The van der Waals surface area contributed by atoms with Crippen molar-refractivity contribution in [2.24, 2.45) is 0 Å². The van der Waals surface area contributed by atoms with Crippen molar-refractivity contribution < 1.29 is 18.0 Å². The van der Waals surface area contributed by atoms with Crippen molar-refractivity contribution in [2.45, 2.75) is 45.2 Å². The van der Waals surface area contributed by atoms with Gasteiger partial charge in [0, 0.05) is 19.1 Å². The third-order valence-electron chi connectivity index (χ3n) is 1.72. The van der Waals surface area contributed by atoms with Crippen LogP contribution in [0.3, 0.4) is 0 Å². The number of carbonyl (C=O) groups excluding carboxylic acids is 1. The van der Waals surface area contributed by atoms with Crippen LogP contribution in [0.25, 0.3) is 0 Å². The van der Waals surface area contributed by atoms with Crippen molar-refractivity contribution in [1.82, 2.24) is 0 Å². The van der Waals surface area contributed by atoms with Crippen LogP contribution in [-0.2, 0) is 4.79 Å². The molecule has 1 atom stereocenters. The summed E-state index contributed by atoms with van der Waals surface area (Å²) in [6, 6.07) is 0. The van der Waals surface area contributed by atoms with Gasteiger partial charge in [-0.25, -0.2) is 13.2 Å². The van der Waals surface area contributed by atoms with Gasteiger partial charge >= 0.3 is 0 Å². The Hall–Kier alpha value is -0.190. The maximum Gasteiger partial charge on any atom is 0.278 e. The normalized spacial score (nSPS) is 14.1. The summed E-state index contributed by atoms with van der Waals surface area (Å²) < 4.78 is 38.7. The van der Waals surface area contributed by atoms with Gasteiger partial charge in [0.1, 0.15) is 0 Å². The molecule has 0 aromatic rings. The molecule has 84 valence electrons. The largest absolute Gasteiger partial charge is 0.288 e. The van der Waals surface area contributed by atoms with Crippen LogP contribution in [0.5, 0.6) is 0 Å². The van der Waals surface area contributed by atoms with Crippen molar-refractivity contribution in [3.8, 4) is 0 Å². The number of halogens is 3. The van der Waals surface area contributed by atoms with Gasteiger partial charge in [0.15, 0.2) is 11.3 Å². The molecule has 0 saturated heterocycles. The summed E-state index contributed by atoms with van der Waals surface area (Å²) in [7, 11) is 0. The van der Waals surface area contributed by atoms with Crippen LogP contribution in [0.1, 0.15) is 33.1 Å². The zero-order valence-electron chi connectivity index (χ0n) is 8.36. The van der Waals surface area contributed by atoms with Crippen molar-refractivity contribution in [2.75, 3.05) is 5.75 Å². The summed E-state index contributed by atoms with van der Waals surface area (Å²) in [6.07, 6.45) is -2.57. The predicted molar refractivity (Wildman–Crippen MR) is 52.5 cm³/mol. The van der Waals surface area contributed by atoms with Crippen LogP contribution in [0.2, 0.25) is 0 Å². The van der Waals surface area contributed by atoms with E-state index in [2.05, 4.69) is 0 Å². The first-order valence-corrected chi connectivity index (χ1v) is 5.54. The van der Waals surface area contributed by atoms with E-state index >= 15 is 0 Å². The lowest BCUT2D eigenvalue weighted by molar-refractivity contribution is -0.109. The highest BCUT2D eigenvalue weighted by Gasteiger charge is 2.38. The van der Waals surface area contributed by atoms with E-state index in [9.17, 15) is 18.0 Å². The molecular weight excluding hydrogens is 213 g/mol. The predicted octanol–water partition coefficient (Wildman–Crippen LogP) is 3.43. The molecule has 0 aliphatic carbocycles. The molecule has 0 amide bonds. The van der Waals surface area contributed by atoms with E-state index in [4.69, 9.17) is 0 Å². The van der Waals surface area contributed by atoms with E-state index in [0.717, 1.165) is 11.8 Å². The quantitative estimate of drug-likeness (QED) is 0.692. The minimum atomic E-state index is -3.24. The first-order chi connectivity index (χ1) is 6.40. The summed E-state index contributed by atoms with van der Waals surface area (Å²) in [5, 5.41) is -0.170. The summed E-state index contributed by atoms with van der Waals surface area (Å²) >= 11 is 0.882. The van der Waals surface area contributed by atoms with Crippen LogP contribution >= 0.6 is 11.8 Å². The molecular formula is C9H15F3OS. The lowest BCUT2D eigenvalue weighted by Crippen LogP contribution is -2.30. The van der Waals surface area contributed by atoms with Crippen LogP contribution in [0.4, 0.5) is 13.2 Å². The van der Waals surface area contributed by atoms with Gasteiger partial charge in [0.2, 0.25) is 0 Å². The molecule has 14 heavy (non-hydrogen) atoms. The molecule has 0 aliphatic rings. The molecule has 0 radical (unpaired) electrons.